The van der Waals surface area contributed by atoms with Crippen molar-refractivity contribution in [3.8, 4) is 0 Å². The lowest BCUT2D eigenvalue weighted by Gasteiger charge is -2.07. The molecule has 0 spiro atoms. The lowest BCUT2D eigenvalue weighted by Crippen LogP contribution is -2.29. The number of hydrogen-bond acceptors (Lipinski definition) is 5. The average Bonchev–Trinajstić information content (AvgIpc) is 2.19. The van der Waals surface area contributed by atoms with Gasteiger partial charge in [0.2, 0.25) is 0 Å². The second kappa shape index (κ2) is 5.58. The van der Waals surface area contributed by atoms with Gasteiger partial charge in [0, 0.05) is 18.9 Å². The smallest absolute Gasteiger partial charge is 0.141 e. The van der Waals surface area contributed by atoms with E-state index in [1.54, 1.807) is 18.5 Å². The summed E-state index contributed by atoms with van der Waals surface area (Å²) < 4.78 is 0. The maximum absolute atomic E-state index is 8.98. The predicted octanol–water partition coefficient (Wildman–Crippen LogP) is -1.08. The molecule has 0 saturated heterocycles. The van der Waals surface area contributed by atoms with Gasteiger partial charge in [-0.3, -0.25) is 0 Å². The van der Waals surface area contributed by atoms with Gasteiger partial charge in [0.25, 0.3) is 0 Å². The number of aliphatic hydroxyl groups is 2. The van der Waals surface area contributed by atoms with Gasteiger partial charge in [-0.05, 0) is 6.07 Å². The molecule has 1 rings (SSSR count). The van der Waals surface area contributed by atoms with Crippen molar-refractivity contribution in [2.45, 2.75) is 12.6 Å². The Bertz CT molecular complexity index is 230. The van der Waals surface area contributed by atoms with E-state index in [1.165, 1.54) is 0 Å². The van der Waals surface area contributed by atoms with E-state index in [0.29, 0.717) is 18.9 Å². The second-order valence-corrected chi connectivity index (χ2v) is 2.63. The molecule has 1 atom stereocenters. The van der Waals surface area contributed by atoms with Crippen LogP contribution in [0.1, 0.15) is 5.82 Å². The van der Waals surface area contributed by atoms with Crippen LogP contribution in [-0.4, -0.2) is 39.4 Å². The third-order valence-electron chi connectivity index (χ3n) is 1.49. The Morgan fingerprint density at radius 3 is 2.69 bits per heavy atom. The Morgan fingerprint density at radius 2 is 2.08 bits per heavy atom. The fraction of sp³-hybridized carbons (Fsp3) is 0.500. The van der Waals surface area contributed by atoms with Gasteiger partial charge in [-0.25, -0.2) is 9.97 Å². The number of hydrogen-bond donors (Lipinski definition) is 3. The summed E-state index contributed by atoms with van der Waals surface area (Å²) in [5.41, 5.74) is 0. The standard InChI is InChI=1S/C8H13N3O2/c12-6-7(13)4-9-5-8-10-2-1-3-11-8/h1-3,7,9,12-13H,4-6H2. The molecule has 0 saturated carbocycles. The van der Waals surface area contributed by atoms with Crippen LogP contribution in [0.5, 0.6) is 0 Å². The highest BCUT2D eigenvalue weighted by Crippen LogP contribution is 1.86. The van der Waals surface area contributed by atoms with Gasteiger partial charge in [-0.15, -0.1) is 0 Å². The van der Waals surface area contributed by atoms with Gasteiger partial charge in [0.05, 0.1) is 19.3 Å². The van der Waals surface area contributed by atoms with Crippen molar-refractivity contribution in [3.63, 3.8) is 0 Å². The number of aromatic nitrogens is 2. The topological polar surface area (TPSA) is 78.3 Å². The normalized spacial score (nSPS) is 12.8. The second-order valence-electron chi connectivity index (χ2n) is 2.63. The molecule has 1 aromatic heterocycles. The summed E-state index contributed by atoms with van der Waals surface area (Å²) >= 11 is 0. The first-order valence-electron chi connectivity index (χ1n) is 4.08. The molecule has 0 fully saturated rings. The van der Waals surface area contributed by atoms with Crippen LogP contribution in [0.4, 0.5) is 0 Å². The summed E-state index contributed by atoms with van der Waals surface area (Å²) in [6.07, 6.45) is 2.60. The zero-order chi connectivity index (χ0) is 9.52. The highest BCUT2D eigenvalue weighted by atomic mass is 16.3. The van der Waals surface area contributed by atoms with Crippen molar-refractivity contribution >= 4 is 0 Å². The molecule has 0 bridgehead atoms. The number of aliphatic hydroxyl groups excluding tert-OH is 2. The molecule has 1 heterocycles. The van der Waals surface area contributed by atoms with Crippen LogP contribution in [0.25, 0.3) is 0 Å². The van der Waals surface area contributed by atoms with Crippen LogP contribution < -0.4 is 5.32 Å². The highest BCUT2D eigenvalue weighted by molar-refractivity contribution is 4.87. The van der Waals surface area contributed by atoms with E-state index in [-0.39, 0.29) is 6.61 Å². The molecule has 3 N–H and O–H groups in total. The zero-order valence-corrected chi connectivity index (χ0v) is 7.22. The molecule has 1 aromatic rings. The minimum Gasteiger partial charge on any atom is -0.394 e. The van der Waals surface area contributed by atoms with Gasteiger partial charge in [0.1, 0.15) is 5.82 Å². The predicted molar refractivity (Wildman–Crippen MR) is 46.8 cm³/mol. The van der Waals surface area contributed by atoms with Crippen molar-refractivity contribution in [1.29, 1.82) is 0 Å². The monoisotopic (exact) mass is 183 g/mol. The summed E-state index contributed by atoms with van der Waals surface area (Å²) in [5.74, 6) is 0.674. The van der Waals surface area contributed by atoms with Gasteiger partial charge in [-0.1, -0.05) is 0 Å². The Balaban J connectivity index is 2.20. The van der Waals surface area contributed by atoms with Crippen molar-refractivity contribution in [2.75, 3.05) is 13.2 Å². The number of nitrogens with one attached hydrogen (secondary N) is 1. The van der Waals surface area contributed by atoms with Crippen LogP contribution >= 0.6 is 0 Å². The molecule has 0 aromatic carbocycles. The largest absolute Gasteiger partial charge is 0.394 e. The summed E-state index contributed by atoms with van der Waals surface area (Å²) in [7, 11) is 0. The van der Waals surface area contributed by atoms with E-state index in [4.69, 9.17) is 10.2 Å². The minimum atomic E-state index is -0.719. The van der Waals surface area contributed by atoms with E-state index in [2.05, 4.69) is 15.3 Å². The summed E-state index contributed by atoms with van der Waals surface area (Å²) in [5, 5.41) is 20.4. The molecule has 0 aliphatic carbocycles. The van der Waals surface area contributed by atoms with E-state index in [1.807, 2.05) is 0 Å². The van der Waals surface area contributed by atoms with Gasteiger partial charge in [0.15, 0.2) is 0 Å². The first-order chi connectivity index (χ1) is 6.33. The molecule has 0 aliphatic rings. The third kappa shape index (κ3) is 3.93. The van der Waals surface area contributed by atoms with Crippen molar-refractivity contribution in [1.82, 2.24) is 15.3 Å². The Labute approximate surface area is 76.5 Å². The van der Waals surface area contributed by atoms with Crippen molar-refractivity contribution in [3.05, 3.63) is 24.3 Å². The minimum absolute atomic E-state index is 0.233. The molecular weight excluding hydrogens is 170 g/mol. The van der Waals surface area contributed by atoms with Crippen LogP contribution in [0, 0.1) is 0 Å². The quantitative estimate of drug-likeness (QED) is 0.541. The molecule has 0 amide bonds. The average molecular weight is 183 g/mol. The first-order valence-corrected chi connectivity index (χ1v) is 4.08. The van der Waals surface area contributed by atoms with E-state index in [0.717, 1.165) is 0 Å². The molecule has 13 heavy (non-hydrogen) atoms. The Morgan fingerprint density at radius 1 is 1.38 bits per heavy atom. The number of nitrogens with zero attached hydrogens (tertiary/aromatic N) is 2. The zero-order valence-electron chi connectivity index (χ0n) is 7.22. The maximum atomic E-state index is 8.98. The lowest BCUT2D eigenvalue weighted by atomic mass is 10.4. The van der Waals surface area contributed by atoms with Crippen LogP contribution in [0.3, 0.4) is 0 Å². The van der Waals surface area contributed by atoms with Gasteiger partial charge in [-0.2, -0.15) is 0 Å². The lowest BCUT2D eigenvalue weighted by molar-refractivity contribution is 0.0941. The third-order valence-corrected chi connectivity index (χ3v) is 1.49. The van der Waals surface area contributed by atoms with E-state index in [9.17, 15) is 0 Å². The number of rotatable bonds is 5. The molecule has 1 unspecified atom stereocenters. The first kappa shape index (κ1) is 10.0. The maximum Gasteiger partial charge on any atom is 0.141 e. The Kier molecular flexibility index (Phi) is 4.31. The molecule has 0 aliphatic heterocycles. The fourth-order valence-electron chi connectivity index (χ4n) is 0.836. The molecule has 0 radical (unpaired) electrons. The van der Waals surface area contributed by atoms with E-state index < -0.39 is 6.10 Å². The van der Waals surface area contributed by atoms with Crippen LogP contribution in [0.15, 0.2) is 18.5 Å². The summed E-state index contributed by atoms with van der Waals surface area (Å²) in [6, 6.07) is 1.74. The molecule has 5 nitrogen and oxygen atoms in total. The highest BCUT2D eigenvalue weighted by Gasteiger charge is 2.00. The SMILES string of the molecule is OCC(O)CNCc1ncccn1. The molecule has 72 valence electrons. The van der Waals surface area contributed by atoms with Gasteiger partial charge >= 0.3 is 0 Å². The van der Waals surface area contributed by atoms with Crippen molar-refractivity contribution < 1.29 is 10.2 Å². The molecule has 5 heteroatoms. The summed E-state index contributed by atoms with van der Waals surface area (Å²) in [6.45, 7) is 0.606. The summed E-state index contributed by atoms with van der Waals surface area (Å²) in [4.78, 5) is 7.97. The van der Waals surface area contributed by atoms with Crippen LogP contribution in [-0.2, 0) is 6.54 Å². The van der Waals surface area contributed by atoms with Crippen molar-refractivity contribution in [2.24, 2.45) is 0 Å². The van der Waals surface area contributed by atoms with E-state index >= 15 is 0 Å². The van der Waals surface area contributed by atoms with Crippen LogP contribution in [0.2, 0.25) is 0 Å². The Hall–Kier alpha value is -1.04. The van der Waals surface area contributed by atoms with Gasteiger partial charge < -0.3 is 15.5 Å². The fourth-order valence-corrected chi connectivity index (χ4v) is 0.836. The molecular formula is C8H13N3O2.